The Hall–Kier alpha value is -3.41. The highest BCUT2D eigenvalue weighted by Gasteiger charge is 2.17. The van der Waals surface area contributed by atoms with Gasteiger partial charge in [-0.05, 0) is 50.2 Å². The molecule has 4 rings (SSSR count). The number of hydrogen-bond donors (Lipinski definition) is 2. The minimum Gasteiger partial charge on any atom is -0.489 e. The fraction of sp³-hybridized carbons (Fsp3) is 0.333. The third-order valence-electron chi connectivity index (χ3n) is 5.47. The highest BCUT2D eigenvalue weighted by Crippen LogP contribution is 2.33. The standard InChI is InChI=1S/C24H25FN4O3/c25-20-11-18(4-5-21(20)27)32-23-6-7-28-22-12-24(16(13-26)10-19(22)23)31-15-17(30)14-29-8-2-1-3-9-29/h4-7,10-12,17,30H,1-3,8-9,14-15,27H2/t17-/m1/s1. The van der Waals surface area contributed by atoms with Crippen LogP contribution in [0.2, 0.25) is 0 Å². The van der Waals surface area contributed by atoms with E-state index >= 15 is 0 Å². The van der Waals surface area contributed by atoms with Crippen LogP contribution in [0.4, 0.5) is 10.1 Å². The molecule has 0 unspecified atom stereocenters. The number of nitrogens with two attached hydrogens (primary N) is 1. The van der Waals surface area contributed by atoms with Crippen molar-refractivity contribution in [2.24, 2.45) is 0 Å². The number of nitriles is 1. The van der Waals surface area contributed by atoms with Gasteiger partial charge >= 0.3 is 0 Å². The lowest BCUT2D eigenvalue weighted by Gasteiger charge is -2.28. The van der Waals surface area contributed by atoms with E-state index in [0.29, 0.717) is 34.5 Å². The van der Waals surface area contributed by atoms with E-state index in [1.165, 1.54) is 18.6 Å². The number of pyridine rings is 1. The number of ether oxygens (including phenoxy) is 2. The maximum absolute atomic E-state index is 13.8. The summed E-state index contributed by atoms with van der Waals surface area (Å²) in [5.41, 5.74) is 6.40. The quantitative estimate of drug-likeness (QED) is 0.542. The average Bonchev–Trinajstić information content (AvgIpc) is 2.80. The summed E-state index contributed by atoms with van der Waals surface area (Å²) >= 11 is 0. The Morgan fingerprint density at radius 2 is 1.97 bits per heavy atom. The molecule has 0 radical (unpaired) electrons. The Morgan fingerprint density at radius 1 is 1.16 bits per heavy atom. The predicted molar refractivity (Wildman–Crippen MR) is 119 cm³/mol. The number of rotatable bonds is 7. The molecule has 8 heteroatoms. The lowest BCUT2D eigenvalue weighted by Crippen LogP contribution is -2.38. The molecule has 1 aliphatic rings. The second-order valence-corrected chi connectivity index (χ2v) is 7.90. The van der Waals surface area contributed by atoms with Crippen LogP contribution in [0, 0.1) is 17.1 Å². The highest BCUT2D eigenvalue weighted by molar-refractivity contribution is 5.88. The Labute approximate surface area is 185 Å². The number of hydrogen-bond acceptors (Lipinski definition) is 7. The Bertz CT molecular complexity index is 1140. The molecule has 0 spiro atoms. The van der Waals surface area contributed by atoms with Crippen molar-refractivity contribution in [1.82, 2.24) is 9.88 Å². The number of likely N-dealkylation sites (tertiary alicyclic amines) is 1. The van der Waals surface area contributed by atoms with Gasteiger partial charge in [-0.2, -0.15) is 5.26 Å². The summed E-state index contributed by atoms with van der Waals surface area (Å²) in [5, 5.41) is 20.6. The summed E-state index contributed by atoms with van der Waals surface area (Å²) in [4.78, 5) is 6.57. The van der Waals surface area contributed by atoms with Gasteiger partial charge in [0, 0.05) is 30.3 Å². The zero-order chi connectivity index (χ0) is 22.5. The molecule has 7 nitrogen and oxygen atoms in total. The van der Waals surface area contributed by atoms with E-state index in [0.717, 1.165) is 25.9 Å². The molecule has 3 N–H and O–H groups in total. The molecular weight excluding hydrogens is 411 g/mol. The van der Waals surface area contributed by atoms with Gasteiger partial charge < -0.3 is 25.2 Å². The van der Waals surface area contributed by atoms with E-state index in [1.54, 1.807) is 30.5 Å². The molecule has 1 aromatic heterocycles. The van der Waals surface area contributed by atoms with Gasteiger partial charge in [0.15, 0.2) is 0 Å². The fourth-order valence-corrected chi connectivity index (χ4v) is 3.82. The number of anilines is 1. The topological polar surface area (TPSA) is 105 Å². The molecule has 1 atom stereocenters. The number of aliphatic hydroxyl groups is 1. The van der Waals surface area contributed by atoms with Crippen LogP contribution in [0.25, 0.3) is 10.9 Å². The van der Waals surface area contributed by atoms with Crippen molar-refractivity contribution in [3.8, 4) is 23.3 Å². The van der Waals surface area contributed by atoms with Crippen molar-refractivity contribution in [2.45, 2.75) is 25.4 Å². The molecule has 166 valence electrons. The van der Waals surface area contributed by atoms with Gasteiger partial charge in [0.05, 0.1) is 16.8 Å². The molecule has 2 aromatic carbocycles. The third-order valence-corrected chi connectivity index (χ3v) is 5.47. The summed E-state index contributed by atoms with van der Waals surface area (Å²) in [6.07, 6.45) is 4.44. The molecule has 3 aromatic rings. The van der Waals surface area contributed by atoms with Crippen LogP contribution < -0.4 is 15.2 Å². The second kappa shape index (κ2) is 9.81. The zero-order valence-electron chi connectivity index (χ0n) is 17.6. The predicted octanol–water partition coefficient (Wildman–Crippen LogP) is 3.85. The lowest BCUT2D eigenvalue weighted by molar-refractivity contribution is 0.0617. The van der Waals surface area contributed by atoms with Crippen LogP contribution in [0.1, 0.15) is 24.8 Å². The number of β-amino-alcohol motifs (C(OH)–C–C–N with tert-alkyl or cyclic N) is 1. The Kier molecular flexibility index (Phi) is 6.69. The monoisotopic (exact) mass is 436 g/mol. The van der Waals surface area contributed by atoms with E-state index in [2.05, 4.69) is 16.0 Å². The Balaban J connectivity index is 1.52. The van der Waals surface area contributed by atoms with Crippen LogP contribution in [0.15, 0.2) is 42.6 Å². The number of benzene rings is 2. The van der Waals surface area contributed by atoms with Crippen molar-refractivity contribution in [3.05, 3.63) is 54.0 Å². The molecule has 1 saturated heterocycles. The SMILES string of the molecule is N#Cc1cc2c(Oc3ccc(N)c(F)c3)ccnc2cc1OC[C@H](O)CN1CCCCC1. The summed E-state index contributed by atoms with van der Waals surface area (Å²) in [5.74, 6) is 0.481. The van der Waals surface area contributed by atoms with Gasteiger partial charge in [0.25, 0.3) is 0 Å². The van der Waals surface area contributed by atoms with Crippen LogP contribution in [0.3, 0.4) is 0 Å². The van der Waals surface area contributed by atoms with Crippen molar-refractivity contribution in [1.29, 1.82) is 5.26 Å². The van der Waals surface area contributed by atoms with Gasteiger partial charge in [-0.25, -0.2) is 4.39 Å². The second-order valence-electron chi connectivity index (χ2n) is 7.90. The van der Waals surface area contributed by atoms with Crippen molar-refractivity contribution in [3.63, 3.8) is 0 Å². The van der Waals surface area contributed by atoms with Gasteiger partial charge in [-0.1, -0.05) is 6.42 Å². The van der Waals surface area contributed by atoms with Crippen molar-refractivity contribution in [2.75, 3.05) is 32.0 Å². The molecule has 32 heavy (non-hydrogen) atoms. The minimum atomic E-state index is -0.654. The van der Waals surface area contributed by atoms with Crippen LogP contribution in [-0.4, -0.2) is 47.3 Å². The maximum atomic E-state index is 13.8. The van der Waals surface area contributed by atoms with E-state index in [4.69, 9.17) is 15.2 Å². The molecule has 1 fully saturated rings. The Morgan fingerprint density at radius 3 is 2.72 bits per heavy atom. The number of nitrogen functional groups attached to an aromatic ring is 1. The van der Waals surface area contributed by atoms with E-state index in [1.807, 2.05) is 0 Å². The summed E-state index contributed by atoms with van der Waals surface area (Å²) in [6.45, 7) is 2.60. The third kappa shape index (κ3) is 5.07. The number of nitrogens with zero attached hydrogens (tertiary/aromatic N) is 3. The normalized spacial score (nSPS) is 15.3. The first-order valence-electron chi connectivity index (χ1n) is 10.6. The number of piperidine rings is 1. The van der Waals surface area contributed by atoms with E-state index in [-0.39, 0.29) is 18.0 Å². The molecule has 2 heterocycles. The smallest absolute Gasteiger partial charge is 0.149 e. The van der Waals surface area contributed by atoms with Crippen molar-refractivity contribution >= 4 is 16.6 Å². The van der Waals surface area contributed by atoms with Crippen LogP contribution in [0.5, 0.6) is 17.2 Å². The first kappa shape index (κ1) is 21.8. The van der Waals surface area contributed by atoms with Gasteiger partial charge in [0.2, 0.25) is 0 Å². The van der Waals surface area contributed by atoms with Crippen LogP contribution >= 0.6 is 0 Å². The number of fused-ring (bicyclic) bond motifs is 1. The van der Waals surface area contributed by atoms with E-state index in [9.17, 15) is 14.8 Å². The number of halogens is 1. The average molecular weight is 436 g/mol. The van der Waals surface area contributed by atoms with Gasteiger partial charge in [-0.3, -0.25) is 4.98 Å². The first-order valence-corrected chi connectivity index (χ1v) is 10.6. The zero-order valence-corrected chi connectivity index (χ0v) is 17.6. The summed E-state index contributed by atoms with van der Waals surface area (Å²) < 4.78 is 25.4. The van der Waals surface area contributed by atoms with Gasteiger partial charge in [0.1, 0.15) is 41.8 Å². The number of aromatic nitrogens is 1. The lowest BCUT2D eigenvalue weighted by atomic mass is 10.1. The molecule has 1 aliphatic heterocycles. The van der Waals surface area contributed by atoms with Crippen LogP contribution in [-0.2, 0) is 0 Å². The summed E-state index contributed by atoms with van der Waals surface area (Å²) in [7, 11) is 0. The largest absolute Gasteiger partial charge is 0.489 e. The number of aliphatic hydroxyl groups excluding tert-OH is 1. The molecule has 0 bridgehead atoms. The maximum Gasteiger partial charge on any atom is 0.149 e. The fourth-order valence-electron chi connectivity index (χ4n) is 3.82. The van der Waals surface area contributed by atoms with Crippen molar-refractivity contribution < 1.29 is 19.0 Å². The molecular formula is C24H25FN4O3. The molecule has 0 saturated carbocycles. The molecule has 0 amide bonds. The summed E-state index contributed by atoms with van der Waals surface area (Å²) in [6, 6.07) is 11.2. The van der Waals surface area contributed by atoms with E-state index < -0.39 is 11.9 Å². The first-order chi connectivity index (χ1) is 15.5. The minimum absolute atomic E-state index is 0.0352. The van der Waals surface area contributed by atoms with Gasteiger partial charge in [-0.15, -0.1) is 0 Å². The molecule has 0 aliphatic carbocycles. The highest BCUT2D eigenvalue weighted by atomic mass is 19.1.